The summed E-state index contributed by atoms with van der Waals surface area (Å²) in [7, 11) is 0. The van der Waals surface area contributed by atoms with Gasteiger partial charge in [0.05, 0.1) is 17.1 Å². The van der Waals surface area contributed by atoms with Crippen LogP contribution in [0.2, 0.25) is 0 Å². The highest BCUT2D eigenvalue weighted by atomic mass is 16.4. The standard InChI is InChI=1S/C15H18N4O/c1-10-14-11(18-20)8-15(2,3)9-12(14)19(17-10)13-6-4-5-7-16-13/h4-7,20H,8-9H2,1-3H3/b18-11+. The van der Waals surface area contributed by atoms with Crippen LogP contribution in [-0.2, 0) is 6.42 Å². The lowest BCUT2D eigenvalue weighted by molar-refractivity contribution is 0.305. The largest absolute Gasteiger partial charge is 0.411 e. The molecule has 0 fully saturated rings. The fraction of sp³-hybridized carbons (Fsp3) is 0.400. The van der Waals surface area contributed by atoms with Crippen LogP contribution in [0.5, 0.6) is 0 Å². The molecule has 0 saturated heterocycles. The van der Waals surface area contributed by atoms with Crippen LogP contribution in [0.25, 0.3) is 5.82 Å². The van der Waals surface area contributed by atoms with E-state index in [4.69, 9.17) is 0 Å². The predicted octanol–water partition coefficient (Wildman–Crippen LogP) is 2.73. The van der Waals surface area contributed by atoms with Crippen molar-refractivity contribution < 1.29 is 5.21 Å². The summed E-state index contributed by atoms with van der Waals surface area (Å²) in [5, 5.41) is 17.4. The molecule has 0 spiro atoms. The number of aryl methyl sites for hydroxylation is 1. The minimum absolute atomic E-state index is 0.0492. The minimum atomic E-state index is 0.0492. The molecule has 5 nitrogen and oxygen atoms in total. The van der Waals surface area contributed by atoms with E-state index in [0.29, 0.717) is 0 Å². The number of oxime groups is 1. The molecule has 5 heteroatoms. The van der Waals surface area contributed by atoms with Gasteiger partial charge in [-0.2, -0.15) is 5.10 Å². The van der Waals surface area contributed by atoms with E-state index in [0.717, 1.165) is 41.3 Å². The van der Waals surface area contributed by atoms with Crippen molar-refractivity contribution in [2.24, 2.45) is 10.6 Å². The summed E-state index contributed by atoms with van der Waals surface area (Å²) in [4.78, 5) is 4.37. The molecule has 20 heavy (non-hydrogen) atoms. The first kappa shape index (κ1) is 12.8. The van der Waals surface area contributed by atoms with Crippen LogP contribution in [0.4, 0.5) is 0 Å². The number of nitrogens with zero attached hydrogens (tertiary/aromatic N) is 4. The second kappa shape index (κ2) is 4.44. The first-order valence-corrected chi connectivity index (χ1v) is 6.73. The van der Waals surface area contributed by atoms with E-state index in [2.05, 4.69) is 29.1 Å². The van der Waals surface area contributed by atoms with Gasteiger partial charge in [-0.1, -0.05) is 25.1 Å². The maximum Gasteiger partial charge on any atom is 0.153 e. The maximum atomic E-state index is 9.31. The third-order valence-electron chi connectivity index (χ3n) is 3.72. The molecule has 2 aromatic rings. The van der Waals surface area contributed by atoms with Gasteiger partial charge in [-0.05, 0) is 37.3 Å². The molecule has 0 bridgehead atoms. The molecule has 0 radical (unpaired) electrons. The Hall–Kier alpha value is -2.17. The number of hydrogen-bond acceptors (Lipinski definition) is 4. The maximum absolute atomic E-state index is 9.31. The molecule has 0 aliphatic heterocycles. The van der Waals surface area contributed by atoms with Crippen LogP contribution in [0, 0.1) is 12.3 Å². The normalized spacial score (nSPS) is 19.1. The second-order valence-corrected chi connectivity index (χ2v) is 6.07. The van der Waals surface area contributed by atoms with Crippen molar-refractivity contribution in [2.45, 2.75) is 33.6 Å². The van der Waals surface area contributed by atoms with Gasteiger partial charge in [-0.3, -0.25) is 0 Å². The molecule has 1 aliphatic carbocycles. The van der Waals surface area contributed by atoms with Crippen LogP contribution in [0.3, 0.4) is 0 Å². The van der Waals surface area contributed by atoms with E-state index < -0.39 is 0 Å². The van der Waals surface area contributed by atoms with Gasteiger partial charge in [-0.25, -0.2) is 9.67 Å². The number of rotatable bonds is 1. The zero-order valence-corrected chi connectivity index (χ0v) is 12.0. The van der Waals surface area contributed by atoms with Gasteiger partial charge in [-0.15, -0.1) is 0 Å². The summed E-state index contributed by atoms with van der Waals surface area (Å²) in [6, 6.07) is 5.77. The van der Waals surface area contributed by atoms with Crippen molar-refractivity contribution in [3.63, 3.8) is 0 Å². The van der Waals surface area contributed by atoms with Crippen molar-refractivity contribution in [3.05, 3.63) is 41.3 Å². The summed E-state index contributed by atoms with van der Waals surface area (Å²) < 4.78 is 1.87. The average molecular weight is 270 g/mol. The Morgan fingerprint density at radius 1 is 1.30 bits per heavy atom. The molecular weight excluding hydrogens is 252 g/mol. The van der Waals surface area contributed by atoms with Crippen molar-refractivity contribution in [3.8, 4) is 5.82 Å². The summed E-state index contributed by atoms with van der Waals surface area (Å²) >= 11 is 0. The number of fused-ring (bicyclic) bond motifs is 1. The van der Waals surface area contributed by atoms with E-state index in [1.165, 1.54) is 0 Å². The lowest BCUT2D eigenvalue weighted by Crippen LogP contribution is -2.28. The highest BCUT2D eigenvalue weighted by molar-refractivity contribution is 6.03. The Morgan fingerprint density at radius 2 is 2.10 bits per heavy atom. The van der Waals surface area contributed by atoms with Crippen LogP contribution in [-0.4, -0.2) is 25.7 Å². The highest BCUT2D eigenvalue weighted by Gasteiger charge is 2.35. The number of aromatic nitrogens is 3. The lowest BCUT2D eigenvalue weighted by atomic mass is 9.75. The molecule has 2 aromatic heterocycles. The molecule has 0 amide bonds. The molecule has 0 atom stereocenters. The SMILES string of the molecule is Cc1nn(-c2ccccn2)c2c1/C(=N/O)CC(C)(C)C2. The van der Waals surface area contributed by atoms with Crippen LogP contribution >= 0.6 is 0 Å². The Bertz CT molecular complexity index is 671. The zero-order valence-electron chi connectivity index (χ0n) is 12.0. The predicted molar refractivity (Wildman–Crippen MR) is 76.5 cm³/mol. The smallest absolute Gasteiger partial charge is 0.153 e. The van der Waals surface area contributed by atoms with Crippen LogP contribution < -0.4 is 0 Å². The number of pyridine rings is 1. The molecular formula is C15H18N4O. The van der Waals surface area contributed by atoms with Gasteiger partial charge in [0.1, 0.15) is 0 Å². The van der Waals surface area contributed by atoms with Gasteiger partial charge < -0.3 is 5.21 Å². The molecule has 3 rings (SSSR count). The van der Waals surface area contributed by atoms with Gasteiger partial charge in [0, 0.05) is 11.8 Å². The highest BCUT2D eigenvalue weighted by Crippen LogP contribution is 2.37. The molecule has 0 unspecified atom stereocenters. The van der Waals surface area contributed by atoms with E-state index in [9.17, 15) is 5.21 Å². The van der Waals surface area contributed by atoms with E-state index >= 15 is 0 Å². The molecule has 1 aliphatic rings. The van der Waals surface area contributed by atoms with Crippen LogP contribution in [0.1, 0.15) is 37.2 Å². The molecule has 0 saturated carbocycles. The van der Waals surface area contributed by atoms with Crippen molar-refractivity contribution >= 4 is 5.71 Å². The minimum Gasteiger partial charge on any atom is -0.411 e. The fourth-order valence-corrected chi connectivity index (χ4v) is 2.93. The molecule has 2 heterocycles. The summed E-state index contributed by atoms with van der Waals surface area (Å²) in [6.07, 6.45) is 3.40. The van der Waals surface area contributed by atoms with Crippen molar-refractivity contribution in [2.75, 3.05) is 0 Å². The van der Waals surface area contributed by atoms with Gasteiger partial charge >= 0.3 is 0 Å². The molecule has 104 valence electrons. The summed E-state index contributed by atoms with van der Waals surface area (Å²) in [5.41, 5.74) is 3.70. The van der Waals surface area contributed by atoms with Gasteiger partial charge in [0.25, 0.3) is 0 Å². The van der Waals surface area contributed by atoms with Crippen molar-refractivity contribution in [1.82, 2.24) is 14.8 Å². The van der Waals surface area contributed by atoms with Crippen LogP contribution in [0.15, 0.2) is 29.6 Å². The Balaban J connectivity index is 2.22. The van der Waals surface area contributed by atoms with E-state index in [1.54, 1.807) is 6.20 Å². The Labute approximate surface area is 118 Å². The quantitative estimate of drug-likeness (QED) is 0.640. The third-order valence-corrected chi connectivity index (χ3v) is 3.72. The van der Waals surface area contributed by atoms with Gasteiger partial charge in [0.15, 0.2) is 5.82 Å². The Morgan fingerprint density at radius 3 is 2.75 bits per heavy atom. The van der Waals surface area contributed by atoms with Crippen molar-refractivity contribution in [1.29, 1.82) is 0 Å². The van der Waals surface area contributed by atoms with Gasteiger partial charge in [0.2, 0.25) is 0 Å². The fourth-order valence-electron chi connectivity index (χ4n) is 2.93. The molecule has 1 N–H and O–H groups in total. The van der Waals surface area contributed by atoms with E-state index in [1.807, 2.05) is 29.8 Å². The topological polar surface area (TPSA) is 63.3 Å². The molecule has 0 aromatic carbocycles. The average Bonchev–Trinajstić information content (AvgIpc) is 2.74. The summed E-state index contributed by atoms with van der Waals surface area (Å²) in [6.45, 7) is 6.29. The number of hydrogen-bond donors (Lipinski definition) is 1. The Kier molecular flexibility index (Phi) is 2.85. The zero-order chi connectivity index (χ0) is 14.3. The van der Waals surface area contributed by atoms with E-state index in [-0.39, 0.29) is 5.41 Å². The second-order valence-electron chi connectivity index (χ2n) is 6.07. The first-order chi connectivity index (χ1) is 9.52. The third kappa shape index (κ3) is 1.99. The first-order valence-electron chi connectivity index (χ1n) is 6.73. The summed E-state index contributed by atoms with van der Waals surface area (Å²) in [5.74, 6) is 0.798. The monoisotopic (exact) mass is 270 g/mol. The lowest BCUT2D eigenvalue weighted by Gasteiger charge is -2.30.